The van der Waals surface area contributed by atoms with Crippen molar-refractivity contribution >= 4 is 12.2 Å². The molecular formula is C15H10N2O2. The highest BCUT2D eigenvalue weighted by Gasteiger charge is 2.50. The number of hydrogen-bond donors (Lipinski definition) is 1. The number of benzene rings is 2. The van der Waals surface area contributed by atoms with Crippen molar-refractivity contribution in [3.8, 4) is 11.5 Å². The van der Waals surface area contributed by atoms with Crippen molar-refractivity contribution < 1.29 is 9.53 Å². The molecule has 4 heteroatoms. The number of rotatable bonds is 0. The van der Waals surface area contributed by atoms with Crippen molar-refractivity contribution in [2.45, 2.75) is 5.54 Å². The van der Waals surface area contributed by atoms with Gasteiger partial charge in [-0.1, -0.05) is 36.4 Å². The van der Waals surface area contributed by atoms with Crippen LogP contribution in [0.15, 0.2) is 53.5 Å². The van der Waals surface area contributed by atoms with E-state index in [1.54, 1.807) is 0 Å². The second-order valence-electron chi connectivity index (χ2n) is 4.54. The second-order valence-corrected chi connectivity index (χ2v) is 4.54. The molecular weight excluding hydrogens is 240 g/mol. The van der Waals surface area contributed by atoms with Crippen molar-refractivity contribution in [1.29, 1.82) is 0 Å². The van der Waals surface area contributed by atoms with Crippen molar-refractivity contribution in [2.75, 3.05) is 0 Å². The average molecular weight is 250 g/mol. The molecule has 2 aromatic carbocycles. The summed E-state index contributed by atoms with van der Waals surface area (Å²) in [6.45, 7) is 0. The lowest BCUT2D eigenvalue weighted by atomic mass is 9.80. The summed E-state index contributed by atoms with van der Waals surface area (Å²) in [6.07, 6.45) is 1.46. The largest absolute Gasteiger partial charge is 0.457 e. The monoisotopic (exact) mass is 250 g/mol. The van der Waals surface area contributed by atoms with E-state index in [1.165, 1.54) is 6.34 Å². The molecule has 4 nitrogen and oxygen atoms in total. The summed E-state index contributed by atoms with van der Waals surface area (Å²) in [6, 6.07) is 15.0. The molecule has 0 atom stereocenters. The highest BCUT2D eigenvalue weighted by Crippen LogP contribution is 2.49. The highest BCUT2D eigenvalue weighted by molar-refractivity contribution is 6.04. The predicted molar refractivity (Wildman–Crippen MR) is 70.4 cm³/mol. The van der Waals surface area contributed by atoms with Gasteiger partial charge in [-0.15, -0.1) is 0 Å². The molecule has 1 amide bonds. The Hall–Kier alpha value is -2.62. The Morgan fingerprint density at radius 2 is 1.53 bits per heavy atom. The maximum absolute atomic E-state index is 12.4. The Balaban J connectivity index is 2.10. The van der Waals surface area contributed by atoms with E-state index in [0.29, 0.717) is 11.5 Å². The summed E-state index contributed by atoms with van der Waals surface area (Å²) in [5.41, 5.74) is 0.547. The Morgan fingerprint density at radius 3 is 2.05 bits per heavy atom. The molecule has 0 saturated carbocycles. The molecule has 1 spiro atoms. The summed E-state index contributed by atoms with van der Waals surface area (Å²) in [7, 11) is 0. The van der Waals surface area contributed by atoms with Crippen LogP contribution in [0.25, 0.3) is 0 Å². The van der Waals surface area contributed by atoms with Gasteiger partial charge >= 0.3 is 0 Å². The lowest BCUT2D eigenvalue weighted by molar-refractivity contribution is -0.122. The van der Waals surface area contributed by atoms with Crippen molar-refractivity contribution in [3.05, 3.63) is 59.7 Å². The van der Waals surface area contributed by atoms with Gasteiger partial charge in [0, 0.05) is 11.1 Å². The number of fused-ring (bicyclic) bond motifs is 4. The summed E-state index contributed by atoms with van der Waals surface area (Å²) in [5, 5.41) is 2.68. The second kappa shape index (κ2) is 3.45. The molecule has 2 aromatic rings. The van der Waals surface area contributed by atoms with Crippen LogP contribution in [0.3, 0.4) is 0 Å². The van der Waals surface area contributed by atoms with Crippen LogP contribution < -0.4 is 10.1 Å². The first-order valence-corrected chi connectivity index (χ1v) is 6.04. The number of carbonyl (C=O) groups excluding carboxylic acids is 1. The van der Waals surface area contributed by atoms with Gasteiger partial charge in [-0.3, -0.25) is 4.79 Å². The molecule has 2 aliphatic heterocycles. The molecule has 0 fully saturated rings. The fourth-order valence-corrected chi connectivity index (χ4v) is 2.71. The average Bonchev–Trinajstić information content (AvgIpc) is 2.82. The molecule has 4 rings (SSSR count). The summed E-state index contributed by atoms with van der Waals surface area (Å²) < 4.78 is 5.86. The maximum atomic E-state index is 12.4. The minimum absolute atomic E-state index is 0.143. The van der Waals surface area contributed by atoms with Crippen molar-refractivity contribution in [1.82, 2.24) is 5.32 Å². The lowest BCUT2D eigenvalue weighted by Crippen LogP contribution is -2.39. The molecule has 1 N–H and O–H groups in total. The minimum atomic E-state index is -1.01. The number of para-hydroxylation sites is 2. The van der Waals surface area contributed by atoms with E-state index in [0.717, 1.165) is 11.1 Å². The fraction of sp³-hybridized carbons (Fsp3) is 0.0667. The van der Waals surface area contributed by atoms with Gasteiger partial charge in [0.15, 0.2) is 5.54 Å². The highest BCUT2D eigenvalue weighted by atomic mass is 16.5. The standard InChI is InChI=1S/C15H10N2O2/c18-14-15(17-9-16-14)10-5-1-3-7-12(10)19-13-8-4-2-6-11(13)15/h1-9H,(H,16,17,18). The molecule has 2 heterocycles. The zero-order valence-corrected chi connectivity index (χ0v) is 9.96. The molecule has 2 aliphatic rings. The van der Waals surface area contributed by atoms with Crippen LogP contribution in [0.2, 0.25) is 0 Å². The van der Waals surface area contributed by atoms with Gasteiger partial charge in [0.25, 0.3) is 5.91 Å². The molecule has 0 unspecified atom stereocenters. The quantitative estimate of drug-likeness (QED) is 0.779. The van der Waals surface area contributed by atoms with Crippen molar-refractivity contribution in [3.63, 3.8) is 0 Å². The molecule has 19 heavy (non-hydrogen) atoms. The Labute approximate surface area is 109 Å². The lowest BCUT2D eigenvalue weighted by Gasteiger charge is -2.32. The smallest absolute Gasteiger partial charge is 0.262 e. The van der Waals surface area contributed by atoms with Gasteiger partial charge in [0.1, 0.15) is 11.5 Å². The minimum Gasteiger partial charge on any atom is -0.457 e. The normalized spacial score (nSPS) is 17.6. The first-order chi connectivity index (χ1) is 9.32. The first-order valence-electron chi connectivity index (χ1n) is 6.04. The maximum Gasteiger partial charge on any atom is 0.262 e. The van der Waals surface area contributed by atoms with Gasteiger partial charge in [-0.2, -0.15) is 0 Å². The number of amides is 1. The zero-order valence-electron chi connectivity index (χ0n) is 9.96. The van der Waals surface area contributed by atoms with Crippen LogP contribution >= 0.6 is 0 Å². The van der Waals surface area contributed by atoms with Crippen LogP contribution in [0, 0.1) is 0 Å². The third kappa shape index (κ3) is 1.18. The van der Waals surface area contributed by atoms with Crippen LogP contribution in [0.5, 0.6) is 11.5 Å². The van der Waals surface area contributed by atoms with Gasteiger partial charge in [-0.05, 0) is 12.1 Å². The van der Waals surface area contributed by atoms with Crippen LogP contribution in [-0.4, -0.2) is 12.2 Å². The van der Waals surface area contributed by atoms with E-state index >= 15 is 0 Å². The topological polar surface area (TPSA) is 50.7 Å². The van der Waals surface area contributed by atoms with Gasteiger partial charge in [0.05, 0.1) is 6.34 Å². The first kappa shape index (κ1) is 10.3. The number of nitrogens with one attached hydrogen (secondary N) is 1. The SMILES string of the molecule is O=C1NC=NC12c1ccccc1Oc1ccccc12. The molecule has 0 bridgehead atoms. The summed E-state index contributed by atoms with van der Waals surface area (Å²) in [5.74, 6) is 1.21. The number of ether oxygens (including phenoxy) is 1. The number of nitrogens with zero attached hydrogens (tertiary/aromatic N) is 1. The number of carbonyl (C=O) groups is 1. The molecule has 0 radical (unpaired) electrons. The van der Waals surface area contributed by atoms with E-state index in [9.17, 15) is 4.79 Å². The summed E-state index contributed by atoms with van der Waals surface area (Å²) in [4.78, 5) is 16.8. The molecule has 0 aliphatic carbocycles. The van der Waals surface area contributed by atoms with E-state index in [4.69, 9.17) is 4.74 Å². The number of aliphatic imine (C=N–C) groups is 1. The summed E-state index contributed by atoms with van der Waals surface area (Å²) >= 11 is 0. The van der Waals surface area contributed by atoms with Crippen LogP contribution in [-0.2, 0) is 10.3 Å². The van der Waals surface area contributed by atoms with Gasteiger partial charge in [-0.25, -0.2) is 4.99 Å². The molecule has 92 valence electrons. The predicted octanol–water partition coefficient (Wildman–Crippen LogP) is 2.19. The zero-order chi connectivity index (χ0) is 12.9. The Kier molecular flexibility index (Phi) is 1.87. The van der Waals surface area contributed by atoms with E-state index in [2.05, 4.69) is 10.3 Å². The van der Waals surface area contributed by atoms with Crippen LogP contribution in [0.1, 0.15) is 11.1 Å². The fourth-order valence-electron chi connectivity index (χ4n) is 2.71. The van der Waals surface area contributed by atoms with E-state index in [-0.39, 0.29) is 5.91 Å². The molecule has 0 aromatic heterocycles. The molecule has 0 saturated heterocycles. The Morgan fingerprint density at radius 1 is 0.947 bits per heavy atom. The number of hydrogen-bond acceptors (Lipinski definition) is 3. The van der Waals surface area contributed by atoms with Crippen molar-refractivity contribution in [2.24, 2.45) is 4.99 Å². The van der Waals surface area contributed by atoms with E-state index < -0.39 is 5.54 Å². The van der Waals surface area contributed by atoms with Gasteiger partial charge in [0.2, 0.25) is 0 Å². The van der Waals surface area contributed by atoms with Gasteiger partial charge < -0.3 is 10.1 Å². The third-order valence-electron chi connectivity index (χ3n) is 3.56. The Bertz CT molecular complexity index is 676. The van der Waals surface area contributed by atoms with E-state index in [1.807, 2.05) is 48.5 Å². The van der Waals surface area contributed by atoms with Crippen LogP contribution in [0.4, 0.5) is 0 Å². The third-order valence-corrected chi connectivity index (χ3v) is 3.56.